The van der Waals surface area contributed by atoms with Crippen molar-refractivity contribution in [3.8, 4) is 0 Å². The van der Waals surface area contributed by atoms with Gasteiger partial charge in [0.1, 0.15) is 0 Å². The molecule has 1 aromatic carbocycles. The summed E-state index contributed by atoms with van der Waals surface area (Å²) in [6, 6.07) is 4.68. The van der Waals surface area contributed by atoms with Crippen LogP contribution in [0.15, 0.2) is 30.7 Å². The Hall–Kier alpha value is -2.48. The molecule has 0 aliphatic rings. The maximum atomic E-state index is 10.7. The van der Waals surface area contributed by atoms with Crippen LogP contribution in [0.25, 0.3) is 10.2 Å². The predicted molar refractivity (Wildman–Crippen MR) is 76.8 cm³/mol. The smallest absolute Gasteiger partial charge is 0.270 e. The summed E-state index contributed by atoms with van der Waals surface area (Å²) in [5.41, 5.74) is 1.88. The number of anilines is 1. The number of thiazole rings is 1. The van der Waals surface area contributed by atoms with Gasteiger partial charge in [-0.05, 0) is 6.07 Å². The number of hydrogen-bond donors (Lipinski definition) is 1. The number of rotatable bonds is 4. The van der Waals surface area contributed by atoms with Gasteiger partial charge in [0.2, 0.25) is 0 Å². The first kappa shape index (κ1) is 12.5. The molecule has 0 saturated heterocycles. The number of aryl methyl sites for hydroxylation is 1. The molecule has 102 valence electrons. The van der Waals surface area contributed by atoms with Crippen LogP contribution < -0.4 is 5.32 Å². The monoisotopic (exact) mass is 289 g/mol. The van der Waals surface area contributed by atoms with E-state index in [0.29, 0.717) is 6.54 Å². The lowest BCUT2D eigenvalue weighted by Crippen LogP contribution is -2.03. The molecule has 0 saturated carbocycles. The lowest BCUT2D eigenvalue weighted by atomic mass is 10.3. The van der Waals surface area contributed by atoms with Crippen molar-refractivity contribution in [2.75, 3.05) is 5.32 Å². The summed E-state index contributed by atoms with van der Waals surface area (Å²) in [6.45, 7) is 0.610. The second kappa shape index (κ2) is 4.89. The number of imidazole rings is 1. The molecule has 1 N–H and O–H groups in total. The van der Waals surface area contributed by atoms with E-state index in [9.17, 15) is 10.1 Å². The first-order chi connectivity index (χ1) is 9.63. The molecule has 0 unspecified atom stereocenters. The van der Waals surface area contributed by atoms with E-state index in [4.69, 9.17) is 0 Å². The molecule has 0 amide bonds. The van der Waals surface area contributed by atoms with Gasteiger partial charge in [-0.1, -0.05) is 11.3 Å². The van der Waals surface area contributed by atoms with Gasteiger partial charge in [0.25, 0.3) is 5.69 Å². The van der Waals surface area contributed by atoms with Crippen molar-refractivity contribution in [2.45, 2.75) is 6.54 Å². The summed E-state index contributed by atoms with van der Waals surface area (Å²) in [4.78, 5) is 18.8. The van der Waals surface area contributed by atoms with Crippen molar-refractivity contribution in [1.29, 1.82) is 0 Å². The van der Waals surface area contributed by atoms with Gasteiger partial charge in [0.05, 0.1) is 33.7 Å². The third-order valence-corrected chi connectivity index (χ3v) is 3.90. The zero-order valence-corrected chi connectivity index (χ0v) is 11.4. The van der Waals surface area contributed by atoms with Crippen LogP contribution in [0.4, 0.5) is 10.8 Å². The summed E-state index contributed by atoms with van der Waals surface area (Å²) in [5, 5.41) is 14.7. The third kappa shape index (κ3) is 2.32. The van der Waals surface area contributed by atoms with E-state index in [0.717, 1.165) is 21.0 Å². The minimum Gasteiger partial charge on any atom is -0.356 e. The first-order valence-electron chi connectivity index (χ1n) is 5.87. The van der Waals surface area contributed by atoms with Crippen molar-refractivity contribution < 1.29 is 4.92 Å². The number of nitrogens with zero attached hydrogens (tertiary/aromatic N) is 4. The third-order valence-electron chi connectivity index (χ3n) is 2.92. The fraction of sp³-hybridized carbons (Fsp3) is 0.167. The van der Waals surface area contributed by atoms with E-state index >= 15 is 0 Å². The van der Waals surface area contributed by atoms with Crippen molar-refractivity contribution in [3.63, 3.8) is 0 Å². The number of benzene rings is 1. The number of fused-ring (bicyclic) bond motifs is 1. The van der Waals surface area contributed by atoms with E-state index in [-0.39, 0.29) is 5.69 Å². The molecule has 0 spiro atoms. The Morgan fingerprint density at radius 2 is 2.35 bits per heavy atom. The van der Waals surface area contributed by atoms with Crippen LogP contribution in [0, 0.1) is 10.1 Å². The second-order valence-corrected chi connectivity index (χ2v) is 5.31. The number of nitrogens with one attached hydrogen (secondary N) is 1. The maximum Gasteiger partial charge on any atom is 0.270 e. The molecule has 0 atom stereocenters. The van der Waals surface area contributed by atoms with Gasteiger partial charge in [0, 0.05) is 25.4 Å². The highest BCUT2D eigenvalue weighted by atomic mass is 32.1. The number of aromatic nitrogens is 3. The molecule has 0 radical (unpaired) electrons. The zero-order chi connectivity index (χ0) is 14.1. The van der Waals surface area contributed by atoms with Gasteiger partial charge in [-0.3, -0.25) is 10.1 Å². The highest BCUT2D eigenvalue weighted by Gasteiger charge is 2.10. The van der Waals surface area contributed by atoms with Gasteiger partial charge >= 0.3 is 0 Å². The Balaban J connectivity index is 1.82. The Morgan fingerprint density at radius 3 is 3.05 bits per heavy atom. The van der Waals surface area contributed by atoms with E-state index in [2.05, 4.69) is 15.3 Å². The number of hydrogen-bond acceptors (Lipinski definition) is 6. The van der Waals surface area contributed by atoms with Gasteiger partial charge in [0.15, 0.2) is 5.13 Å². The average molecular weight is 289 g/mol. The second-order valence-electron chi connectivity index (χ2n) is 4.28. The lowest BCUT2D eigenvalue weighted by Gasteiger charge is -2.02. The van der Waals surface area contributed by atoms with Crippen LogP contribution in [0.1, 0.15) is 5.69 Å². The Labute approximate surface area is 118 Å². The summed E-state index contributed by atoms with van der Waals surface area (Å²) in [7, 11) is 1.92. The quantitative estimate of drug-likeness (QED) is 0.589. The highest BCUT2D eigenvalue weighted by Crippen LogP contribution is 2.29. The molecule has 0 bridgehead atoms. The molecule has 2 heterocycles. The zero-order valence-electron chi connectivity index (χ0n) is 10.6. The Bertz CT molecular complexity index is 779. The molecule has 0 fully saturated rings. The van der Waals surface area contributed by atoms with Crippen LogP contribution in [0.3, 0.4) is 0 Å². The van der Waals surface area contributed by atoms with Crippen LogP contribution in [0.2, 0.25) is 0 Å². The molecule has 2 aromatic heterocycles. The van der Waals surface area contributed by atoms with Gasteiger partial charge in [-0.2, -0.15) is 0 Å². The van der Waals surface area contributed by atoms with E-state index in [1.54, 1.807) is 24.7 Å². The average Bonchev–Trinajstić information content (AvgIpc) is 3.00. The van der Waals surface area contributed by atoms with E-state index < -0.39 is 4.92 Å². The van der Waals surface area contributed by atoms with E-state index in [1.165, 1.54) is 17.4 Å². The molecule has 0 aliphatic heterocycles. The van der Waals surface area contributed by atoms with Gasteiger partial charge in [-0.25, -0.2) is 9.97 Å². The topological polar surface area (TPSA) is 85.9 Å². The summed E-state index contributed by atoms with van der Waals surface area (Å²) >= 11 is 1.40. The number of nitro benzene ring substituents is 1. The molecule has 0 aliphatic carbocycles. The van der Waals surface area contributed by atoms with Crippen LogP contribution in [-0.2, 0) is 13.6 Å². The molecule has 8 heteroatoms. The van der Waals surface area contributed by atoms with Gasteiger partial charge in [-0.15, -0.1) is 0 Å². The minimum absolute atomic E-state index is 0.0827. The van der Waals surface area contributed by atoms with Crippen molar-refractivity contribution in [3.05, 3.63) is 46.5 Å². The largest absolute Gasteiger partial charge is 0.356 e. The lowest BCUT2D eigenvalue weighted by molar-refractivity contribution is -0.384. The van der Waals surface area contributed by atoms with Gasteiger partial charge < -0.3 is 9.88 Å². The van der Waals surface area contributed by atoms with Crippen LogP contribution >= 0.6 is 11.3 Å². The minimum atomic E-state index is -0.401. The van der Waals surface area contributed by atoms with Crippen molar-refractivity contribution in [2.24, 2.45) is 7.05 Å². The standard InChI is InChI=1S/C12H11N5O2S/c1-16-7-13-5-9(16)6-14-12-15-10-3-2-8(17(18)19)4-11(10)20-12/h2-5,7H,6H2,1H3,(H,14,15). The summed E-state index contributed by atoms with van der Waals surface area (Å²) in [6.07, 6.45) is 3.52. The SMILES string of the molecule is Cn1cncc1CNc1nc2ccc([N+](=O)[O-])cc2s1. The number of non-ortho nitro benzene ring substituents is 1. The number of nitro groups is 1. The Morgan fingerprint density at radius 1 is 1.50 bits per heavy atom. The van der Waals surface area contributed by atoms with Crippen LogP contribution in [-0.4, -0.2) is 19.5 Å². The predicted octanol–water partition coefficient (Wildman–Crippen LogP) is 2.55. The molecule has 20 heavy (non-hydrogen) atoms. The fourth-order valence-electron chi connectivity index (χ4n) is 1.82. The molecule has 3 aromatic rings. The molecule has 7 nitrogen and oxygen atoms in total. The molecular weight excluding hydrogens is 278 g/mol. The highest BCUT2D eigenvalue weighted by molar-refractivity contribution is 7.22. The fourth-order valence-corrected chi connectivity index (χ4v) is 2.72. The Kier molecular flexibility index (Phi) is 3.07. The maximum absolute atomic E-state index is 10.7. The summed E-state index contributed by atoms with van der Waals surface area (Å²) < 4.78 is 2.72. The van der Waals surface area contributed by atoms with E-state index in [1.807, 2.05) is 11.6 Å². The molecule has 3 rings (SSSR count). The molecular formula is C12H11N5O2S. The van der Waals surface area contributed by atoms with Crippen molar-refractivity contribution in [1.82, 2.24) is 14.5 Å². The normalized spacial score (nSPS) is 10.8. The first-order valence-corrected chi connectivity index (χ1v) is 6.69. The van der Waals surface area contributed by atoms with Crippen LogP contribution in [0.5, 0.6) is 0 Å². The summed E-state index contributed by atoms with van der Waals surface area (Å²) in [5.74, 6) is 0. The van der Waals surface area contributed by atoms with Crippen molar-refractivity contribution >= 4 is 32.4 Å².